The Morgan fingerprint density at radius 2 is 2.00 bits per heavy atom. The van der Waals surface area contributed by atoms with Gasteiger partial charge >= 0.3 is 11.2 Å². The Labute approximate surface area is 71.5 Å². The third-order valence-corrected chi connectivity index (χ3v) is 2.64. The number of hydrogen-bond donors (Lipinski definition) is 0. The molecule has 0 amide bonds. The predicted octanol–water partition coefficient (Wildman–Crippen LogP) is 2.71. The van der Waals surface area contributed by atoms with Gasteiger partial charge in [-0.2, -0.15) is 17.6 Å². The van der Waals surface area contributed by atoms with Crippen LogP contribution in [-0.4, -0.2) is 23.2 Å². The average Bonchev–Trinajstić information content (AvgIpc) is 2.02. The van der Waals surface area contributed by atoms with Crippen molar-refractivity contribution in [3.8, 4) is 0 Å². The molecule has 0 bridgehead atoms. The fourth-order valence-corrected chi connectivity index (χ4v) is 1.98. The van der Waals surface area contributed by atoms with Gasteiger partial charge in [0.05, 0.1) is 6.42 Å². The first-order valence-corrected chi connectivity index (χ1v) is 4.32. The minimum Gasteiger partial charge on any atom is -0.367 e. The molecule has 1 atom stereocenters. The molecular weight excluding hydrogens is 196 g/mol. The van der Waals surface area contributed by atoms with E-state index < -0.39 is 23.0 Å². The van der Waals surface area contributed by atoms with Gasteiger partial charge in [0.25, 0.3) is 0 Å². The summed E-state index contributed by atoms with van der Waals surface area (Å²) < 4.78 is 54.4. The van der Waals surface area contributed by atoms with E-state index in [1.165, 1.54) is 0 Å². The van der Waals surface area contributed by atoms with Gasteiger partial charge in [-0.25, -0.2) is 0 Å². The molecule has 1 unspecified atom stereocenters. The number of halogens is 4. The predicted molar refractivity (Wildman–Crippen MR) is 37.5 cm³/mol. The molecule has 1 aliphatic heterocycles. The van der Waals surface area contributed by atoms with Crippen LogP contribution in [0.4, 0.5) is 17.6 Å². The van der Waals surface area contributed by atoms with E-state index in [0.717, 1.165) is 0 Å². The summed E-state index contributed by atoms with van der Waals surface area (Å²) in [5.74, 6) is -3.93. The largest absolute Gasteiger partial charge is 0.367 e. The quantitative estimate of drug-likeness (QED) is 0.639. The summed E-state index contributed by atoms with van der Waals surface area (Å²) in [6.45, 7) is 1.75. The highest BCUT2D eigenvalue weighted by atomic mass is 32.2. The number of alkyl halides is 4. The van der Waals surface area contributed by atoms with Crippen LogP contribution in [0.3, 0.4) is 0 Å². The van der Waals surface area contributed by atoms with Crippen LogP contribution in [0.5, 0.6) is 0 Å². The molecule has 0 aromatic carbocycles. The summed E-state index contributed by atoms with van der Waals surface area (Å²) in [6, 6.07) is 0. The Bertz CT molecular complexity index is 157. The second-order valence-electron chi connectivity index (χ2n) is 2.43. The number of hydrogen-bond acceptors (Lipinski definition) is 2. The molecule has 1 saturated heterocycles. The van der Waals surface area contributed by atoms with Crippen molar-refractivity contribution in [2.24, 2.45) is 0 Å². The number of thioether (sulfide) groups is 1. The maximum Gasteiger partial charge on any atom is 0.358 e. The van der Waals surface area contributed by atoms with E-state index in [9.17, 15) is 17.6 Å². The Morgan fingerprint density at radius 1 is 1.42 bits per heavy atom. The molecule has 0 N–H and O–H groups in total. The van der Waals surface area contributed by atoms with Gasteiger partial charge in [0.1, 0.15) is 5.44 Å². The zero-order chi connectivity index (χ0) is 9.41. The highest BCUT2D eigenvalue weighted by molar-refractivity contribution is 8.01. The van der Waals surface area contributed by atoms with Crippen molar-refractivity contribution >= 4 is 11.8 Å². The van der Waals surface area contributed by atoms with Crippen molar-refractivity contribution in [2.75, 3.05) is 6.61 Å². The SMILES string of the molecule is CCOC1CC(F)(F)C(F)(F)S1. The molecule has 1 heterocycles. The lowest BCUT2D eigenvalue weighted by Gasteiger charge is -2.15. The normalized spacial score (nSPS) is 32.2. The zero-order valence-electron chi connectivity index (χ0n) is 6.32. The minimum absolute atomic E-state index is 0.106. The van der Waals surface area contributed by atoms with Gasteiger partial charge < -0.3 is 4.74 Å². The molecule has 1 nitrogen and oxygen atoms in total. The van der Waals surface area contributed by atoms with E-state index in [1.54, 1.807) is 6.92 Å². The Hall–Kier alpha value is 0.0300. The highest BCUT2D eigenvalue weighted by Gasteiger charge is 2.64. The van der Waals surface area contributed by atoms with Gasteiger partial charge in [0.2, 0.25) is 0 Å². The van der Waals surface area contributed by atoms with Crippen LogP contribution in [0.1, 0.15) is 13.3 Å². The topological polar surface area (TPSA) is 9.23 Å². The number of rotatable bonds is 2. The summed E-state index contributed by atoms with van der Waals surface area (Å²) in [6.07, 6.45) is -0.904. The van der Waals surface area contributed by atoms with Crippen LogP contribution >= 0.6 is 11.8 Å². The molecule has 0 radical (unpaired) electrons. The van der Waals surface area contributed by atoms with Crippen LogP contribution in [-0.2, 0) is 4.74 Å². The van der Waals surface area contributed by atoms with Crippen LogP contribution in [0.25, 0.3) is 0 Å². The van der Waals surface area contributed by atoms with Crippen LogP contribution in [0.2, 0.25) is 0 Å². The molecule has 0 aromatic rings. The maximum absolute atomic E-state index is 12.4. The maximum atomic E-state index is 12.4. The molecular formula is C6H8F4OS. The highest BCUT2D eigenvalue weighted by Crippen LogP contribution is 2.55. The Morgan fingerprint density at radius 3 is 2.33 bits per heavy atom. The molecule has 0 aromatic heterocycles. The first-order chi connectivity index (χ1) is 5.39. The lowest BCUT2D eigenvalue weighted by Crippen LogP contribution is -2.31. The second-order valence-corrected chi connectivity index (χ2v) is 3.70. The Balaban J connectivity index is 2.61. The first kappa shape index (κ1) is 10.1. The van der Waals surface area contributed by atoms with E-state index in [1.807, 2.05) is 0 Å². The van der Waals surface area contributed by atoms with Crippen molar-refractivity contribution in [3.63, 3.8) is 0 Å². The molecule has 1 aliphatic rings. The molecule has 0 aliphatic carbocycles. The first-order valence-electron chi connectivity index (χ1n) is 3.44. The van der Waals surface area contributed by atoms with Gasteiger partial charge in [-0.1, -0.05) is 11.8 Å². The van der Waals surface area contributed by atoms with Crippen molar-refractivity contribution in [2.45, 2.75) is 30.0 Å². The van der Waals surface area contributed by atoms with Gasteiger partial charge in [0, 0.05) is 6.61 Å². The van der Waals surface area contributed by atoms with E-state index >= 15 is 0 Å². The summed E-state index contributed by atoms with van der Waals surface area (Å²) >= 11 is -0.106. The molecule has 1 rings (SSSR count). The molecule has 12 heavy (non-hydrogen) atoms. The fourth-order valence-electron chi connectivity index (χ4n) is 0.900. The van der Waals surface area contributed by atoms with Gasteiger partial charge in [-0.15, -0.1) is 0 Å². The molecule has 0 saturated carbocycles. The fraction of sp³-hybridized carbons (Fsp3) is 1.00. The van der Waals surface area contributed by atoms with Crippen molar-refractivity contribution in [1.82, 2.24) is 0 Å². The zero-order valence-corrected chi connectivity index (χ0v) is 7.14. The van der Waals surface area contributed by atoms with Crippen LogP contribution in [0, 0.1) is 0 Å². The third-order valence-electron chi connectivity index (χ3n) is 1.48. The lowest BCUT2D eigenvalue weighted by molar-refractivity contribution is -0.151. The summed E-state index contributed by atoms with van der Waals surface area (Å²) in [7, 11) is 0. The summed E-state index contributed by atoms with van der Waals surface area (Å²) in [5.41, 5.74) is -1.08. The monoisotopic (exact) mass is 204 g/mol. The van der Waals surface area contributed by atoms with E-state index in [2.05, 4.69) is 4.74 Å². The van der Waals surface area contributed by atoms with E-state index in [0.29, 0.717) is 0 Å². The van der Waals surface area contributed by atoms with Crippen molar-refractivity contribution in [3.05, 3.63) is 0 Å². The van der Waals surface area contributed by atoms with Gasteiger partial charge in [0.15, 0.2) is 0 Å². The Kier molecular flexibility index (Phi) is 2.58. The molecule has 1 fully saturated rings. The van der Waals surface area contributed by atoms with Crippen molar-refractivity contribution < 1.29 is 22.3 Å². The smallest absolute Gasteiger partial charge is 0.358 e. The van der Waals surface area contributed by atoms with E-state index in [4.69, 9.17) is 0 Å². The summed E-state index contributed by atoms with van der Waals surface area (Å²) in [5, 5.41) is -3.98. The van der Waals surface area contributed by atoms with Gasteiger partial charge in [-0.3, -0.25) is 0 Å². The van der Waals surface area contributed by atoms with Gasteiger partial charge in [-0.05, 0) is 6.92 Å². The second kappa shape index (κ2) is 3.06. The van der Waals surface area contributed by atoms with Crippen LogP contribution < -0.4 is 0 Å². The standard InChI is InChI=1S/C6H8F4OS/c1-2-11-4-3-5(7,8)6(9,10)12-4/h4H,2-3H2,1H3. The molecule has 0 spiro atoms. The molecule has 6 heteroatoms. The number of ether oxygens (including phenoxy) is 1. The third kappa shape index (κ3) is 1.69. The van der Waals surface area contributed by atoms with E-state index in [-0.39, 0.29) is 18.4 Å². The lowest BCUT2D eigenvalue weighted by atomic mass is 10.2. The molecule has 72 valence electrons. The average molecular weight is 204 g/mol. The minimum atomic E-state index is -3.98. The van der Waals surface area contributed by atoms with Crippen molar-refractivity contribution in [1.29, 1.82) is 0 Å². The van der Waals surface area contributed by atoms with Crippen LogP contribution in [0.15, 0.2) is 0 Å². The summed E-state index contributed by atoms with van der Waals surface area (Å²) in [4.78, 5) is 0.